The van der Waals surface area contributed by atoms with Gasteiger partial charge in [-0.1, -0.05) is 26.7 Å². The zero-order chi connectivity index (χ0) is 16.2. The first-order chi connectivity index (χ1) is 11.1. The second-order valence-electron chi connectivity index (χ2n) is 6.64. The third-order valence-electron chi connectivity index (χ3n) is 4.35. The average Bonchev–Trinajstić information content (AvgIpc) is 3.01. The van der Waals surface area contributed by atoms with Crippen molar-refractivity contribution in [3.63, 3.8) is 0 Å². The molecule has 5 nitrogen and oxygen atoms in total. The zero-order valence-corrected chi connectivity index (χ0v) is 13.9. The first-order valence-electron chi connectivity index (χ1n) is 8.44. The summed E-state index contributed by atoms with van der Waals surface area (Å²) in [5, 5.41) is 0. The van der Waals surface area contributed by atoms with Gasteiger partial charge >= 0.3 is 0 Å². The van der Waals surface area contributed by atoms with Crippen molar-refractivity contribution >= 4 is 5.91 Å². The molecule has 1 aromatic rings. The van der Waals surface area contributed by atoms with E-state index in [4.69, 9.17) is 14.2 Å². The normalized spacial score (nSPS) is 20.1. The predicted octanol–water partition coefficient (Wildman–Crippen LogP) is 3.08. The van der Waals surface area contributed by atoms with Crippen molar-refractivity contribution in [2.75, 3.05) is 26.5 Å². The van der Waals surface area contributed by atoms with Gasteiger partial charge in [-0.2, -0.15) is 0 Å². The van der Waals surface area contributed by atoms with Crippen LogP contribution >= 0.6 is 0 Å². The molecule has 1 unspecified atom stereocenters. The number of ether oxygens (including phenoxy) is 3. The first-order valence-corrected chi connectivity index (χ1v) is 8.44. The summed E-state index contributed by atoms with van der Waals surface area (Å²) in [6.45, 7) is 6.62. The van der Waals surface area contributed by atoms with Crippen LogP contribution in [0, 0.1) is 5.92 Å². The maximum atomic E-state index is 12.7. The minimum Gasteiger partial charge on any atom is -0.454 e. The Bertz CT molecular complexity index is 558. The molecule has 0 radical (unpaired) electrons. The van der Waals surface area contributed by atoms with E-state index in [1.807, 2.05) is 4.90 Å². The van der Waals surface area contributed by atoms with Crippen LogP contribution in [0.2, 0.25) is 0 Å². The number of carbonyl (C=O) groups excluding carboxylic acids is 1. The summed E-state index contributed by atoms with van der Waals surface area (Å²) >= 11 is 0. The molecule has 1 saturated heterocycles. The highest BCUT2D eigenvalue weighted by Crippen LogP contribution is 2.33. The van der Waals surface area contributed by atoms with Gasteiger partial charge in [-0.15, -0.1) is 0 Å². The van der Waals surface area contributed by atoms with E-state index in [1.165, 1.54) is 6.42 Å². The average molecular weight is 319 g/mol. The summed E-state index contributed by atoms with van der Waals surface area (Å²) < 4.78 is 16.5. The maximum Gasteiger partial charge on any atom is 0.254 e. The van der Waals surface area contributed by atoms with Crippen LogP contribution in [0.15, 0.2) is 18.2 Å². The summed E-state index contributed by atoms with van der Waals surface area (Å²) in [5.74, 6) is 2.11. The molecule has 0 spiro atoms. The Morgan fingerprint density at radius 2 is 2.13 bits per heavy atom. The molecule has 2 aliphatic rings. The lowest BCUT2D eigenvalue weighted by Crippen LogP contribution is -2.45. The van der Waals surface area contributed by atoms with Crippen LogP contribution in [0.3, 0.4) is 0 Å². The van der Waals surface area contributed by atoms with Gasteiger partial charge < -0.3 is 19.1 Å². The molecule has 1 aromatic carbocycles. The van der Waals surface area contributed by atoms with Crippen LogP contribution in [-0.4, -0.2) is 43.4 Å². The van der Waals surface area contributed by atoms with Crippen molar-refractivity contribution in [3.8, 4) is 11.5 Å². The van der Waals surface area contributed by atoms with Crippen molar-refractivity contribution in [2.45, 2.75) is 39.2 Å². The van der Waals surface area contributed by atoms with Crippen LogP contribution in [0.4, 0.5) is 0 Å². The smallest absolute Gasteiger partial charge is 0.254 e. The molecule has 0 saturated carbocycles. The first kappa shape index (κ1) is 16.1. The predicted molar refractivity (Wildman–Crippen MR) is 86.9 cm³/mol. The number of rotatable bonds is 5. The number of morpholine rings is 1. The Morgan fingerprint density at radius 1 is 1.30 bits per heavy atom. The SMILES string of the molecule is CC(C)CCCC1CN(C(=O)c2ccc3c(c2)OCO3)CCO1. The minimum absolute atomic E-state index is 0.0421. The number of nitrogens with zero attached hydrogens (tertiary/aromatic N) is 1. The fraction of sp³-hybridized carbons (Fsp3) is 0.611. The van der Waals surface area contributed by atoms with Crippen molar-refractivity contribution < 1.29 is 19.0 Å². The van der Waals surface area contributed by atoms with Crippen molar-refractivity contribution in [1.82, 2.24) is 4.90 Å². The number of fused-ring (bicyclic) bond motifs is 1. The Hall–Kier alpha value is -1.75. The number of amides is 1. The molecule has 3 rings (SSSR count). The standard InChI is InChI=1S/C18H25NO4/c1-13(2)4-3-5-15-11-19(8-9-21-15)18(20)14-6-7-16-17(10-14)23-12-22-16/h6-7,10,13,15H,3-5,8-9,11-12H2,1-2H3. The monoisotopic (exact) mass is 319 g/mol. The van der Waals surface area contributed by atoms with Gasteiger partial charge in [0, 0.05) is 18.7 Å². The lowest BCUT2D eigenvalue weighted by molar-refractivity contribution is -0.0260. The summed E-state index contributed by atoms with van der Waals surface area (Å²) in [6, 6.07) is 5.38. The minimum atomic E-state index is 0.0421. The van der Waals surface area contributed by atoms with Crippen molar-refractivity contribution in [1.29, 1.82) is 0 Å². The van der Waals surface area contributed by atoms with Gasteiger partial charge in [0.05, 0.1) is 12.7 Å². The van der Waals surface area contributed by atoms with Crippen molar-refractivity contribution in [2.24, 2.45) is 5.92 Å². The van der Waals surface area contributed by atoms with Crippen LogP contribution < -0.4 is 9.47 Å². The highest BCUT2D eigenvalue weighted by Gasteiger charge is 2.26. The summed E-state index contributed by atoms with van der Waals surface area (Å²) in [5.41, 5.74) is 0.650. The van der Waals surface area contributed by atoms with E-state index in [1.54, 1.807) is 18.2 Å². The molecule has 126 valence electrons. The van der Waals surface area contributed by atoms with Crippen LogP contribution in [0.1, 0.15) is 43.5 Å². The van der Waals surface area contributed by atoms with Gasteiger partial charge in [-0.25, -0.2) is 0 Å². The molecule has 23 heavy (non-hydrogen) atoms. The number of benzene rings is 1. The van der Waals surface area contributed by atoms with Gasteiger partial charge in [0.15, 0.2) is 11.5 Å². The van der Waals surface area contributed by atoms with E-state index < -0.39 is 0 Å². The number of hydrogen-bond acceptors (Lipinski definition) is 4. The van der Waals surface area contributed by atoms with Crippen LogP contribution in [-0.2, 0) is 4.74 Å². The van der Waals surface area contributed by atoms with Gasteiger partial charge in [0.2, 0.25) is 6.79 Å². The molecule has 1 amide bonds. The quantitative estimate of drug-likeness (QED) is 0.837. The summed E-state index contributed by atoms with van der Waals surface area (Å²) in [6.07, 6.45) is 3.52. The van der Waals surface area contributed by atoms with E-state index in [-0.39, 0.29) is 18.8 Å². The summed E-state index contributed by atoms with van der Waals surface area (Å²) in [7, 11) is 0. The third-order valence-corrected chi connectivity index (χ3v) is 4.35. The lowest BCUT2D eigenvalue weighted by Gasteiger charge is -2.33. The number of carbonyl (C=O) groups is 1. The summed E-state index contributed by atoms with van der Waals surface area (Å²) in [4.78, 5) is 14.6. The van der Waals surface area contributed by atoms with Crippen LogP contribution in [0.5, 0.6) is 11.5 Å². The van der Waals surface area contributed by atoms with Crippen molar-refractivity contribution in [3.05, 3.63) is 23.8 Å². The molecule has 0 aliphatic carbocycles. The number of hydrogen-bond donors (Lipinski definition) is 0. The molecular formula is C18H25NO4. The van der Waals surface area contributed by atoms with E-state index in [2.05, 4.69) is 13.8 Å². The fourth-order valence-corrected chi connectivity index (χ4v) is 3.04. The van der Waals surface area contributed by atoms with Gasteiger partial charge in [-0.3, -0.25) is 4.79 Å². The van der Waals surface area contributed by atoms with Gasteiger partial charge in [-0.05, 0) is 30.5 Å². The van der Waals surface area contributed by atoms with E-state index in [9.17, 15) is 4.79 Å². The van der Waals surface area contributed by atoms with E-state index in [0.717, 1.165) is 12.8 Å². The third kappa shape index (κ3) is 3.96. The molecule has 1 fully saturated rings. The van der Waals surface area contributed by atoms with E-state index in [0.29, 0.717) is 42.7 Å². The molecule has 2 heterocycles. The molecule has 5 heteroatoms. The fourth-order valence-electron chi connectivity index (χ4n) is 3.04. The second kappa shape index (κ2) is 7.21. The highest BCUT2D eigenvalue weighted by atomic mass is 16.7. The second-order valence-corrected chi connectivity index (χ2v) is 6.64. The Kier molecular flexibility index (Phi) is 5.06. The highest BCUT2D eigenvalue weighted by molar-refractivity contribution is 5.95. The lowest BCUT2D eigenvalue weighted by atomic mass is 10.0. The van der Waals surface area contributed by atoms with E-state index >= 15 is 0 Å². The largest absolute Gasteiger partial charge is 0.454 e. The topological polar surface area (TPSA) is 48.0 Å². The Morgan fingerprint density at radius 3 is 2.96 bits per heavy atom. The Balaban J connectivity index is 1.58. The molecule has 0 bridgehead atoms. The molecule has 1 atom stereocenters. The molecule has 0 N–H and O–H groups in total. The van der Waals surface area contributed by atoms with Crippen LogP contribution in [0.25, 0.3) is 0 Å². The maximum absolute atomic E-state index is 12.7. The molecule has 2 aliphatic heterocycles. The molecule has 0 aromatic heterocycles. The van der Waals surface area contributed by atoms with Gasteiger partial charge in [0.25, 0.3) is 5.91 Å². The van der Waals surface area contributed by atoms with Gasteiger partial charge in [0.1, 0.15) is 0 Å². The molecular weight excluding hydrogens is 294 g/mol. The zero-order valence-electron chi connectivity index (χ0n) is 13.9. The Labute approximate surface area is 137 Å².